The monoisotopic (exact) mass is 469 g/mol. The maximum atomic E-state index is 12.3. The number of allylic oxidation sites excluding steroid dienone is 3. The first kappa shape index (κ1) is 23.0. The number of hydrogen-bond donors (Lipinski definition) is 3. The summed E-state index contributed by atoms with van der Waals surface area (Å²) >= 11 is 0. The summed E-state index contributed by atoms with van der Waals surface area (Å²) in [6, 6.07) is 6.74. The van der Waals surface area contributed by atoms with Crippen molar-refractivity contribution < 1.29 is 38.7 Å². The van der Waals surface area contributed by atoms with E-state index in [9.17, 15) is 24.0 Å². The van der Waals surface area contributed by atoms with Crippen LogP contribution in [0, 0.1) is 5.92 Å². The lowest BCUT2D eigenvalue weighted by molar-refractivity contribution is -0.177. The molecule has 1 heterocycles. The molecule has 0 aromatic heterocycles. The number of carbonyl (C=O) groups excluding carboxylic acids is 4. The number of rotatable bonds is 6. The van der Waals surface area contributed by atoms with Crippen molar-refractivity contribution in [3.63, 3.8) is 0 Å². The smallest absolute Gasteiger partial charge is 0.465 e. The molecule has 4 unspecified atom stereocenters. The summed E-state index contributed by atoms with van der Waals surface area (Å²) < 4.78 is 5.27. The van der Waals surface area contributed by atoms with E-state index < -0.39 is 36.0 Å². The van der Waals surface area contributed by atoms with Gasteiger partial charge in [-0.05, 0) is 30.0 Å². The minimum Gasteiger partial charge on any atom is -0.465 e. The van der Waals surface area contributed by atoms with Gasteiger partial charge in [-0.25, -0.2) is 9.59 Å². The number of imide groups is 1. The molecule has 4 amide bonds. The number of ether oxygens (including phenoxy) is 1. The Balaban J connectivity index is 1.46. The van der Waals surface area contributed by atoms with Gasteiger partial charge in [0.15, 0.2) is 0 Å². The van der Waals surface area contributed by atoms with E-state index in [1.807, 2.05) is 36.4 Å². The normalized spacial score (nSPS) is 23.5. The van der Waals surface area contributed by atoms with Crippen molar-refractivity contribution in [3.05, 3.63) is 59.3 Å². The Kier molecular flexibility index (Phi) is 6.35. The summed E-state index contributed by atoms with van der Waals surface area (Å²) in [4.78, 5) is 63.3. The highest BCUT2D eigenvalue weighted by molar-refractivity contribution is 6.01. The zero-order chi connectivity index (χ0) is 24.4. The average molecular weight is 469 g/mol. The van der Waals surface area contributed by atoms with Crippen LogP contribution in [0.5, 0.6) is 0 Å². The topological polar surface area (TPSA) is 151 Å². The molecule has 1 fully saturated rings. The molecular formula is C23H23N3O8. The maximum absolute atomic E-state index is 12.3. The van der Waals surface area contributed by atoms with Crippen LogP contribution in [-0.2, 0) is 24.0 Å². The Morgan fingerprint density at radius 3 is 2.50 bits per heavy atom. The van der Waals surface area contributed by atoms with Crippen LogP contribution in [0.4, 0.5) is 9.59 Å². The van der Waals surface area contributed by atoms with Gasteiger partial charge in [0.2, 0.25) is 5.91 Å². The summed E-state index contributed by atoms with van der Waals surface area (Å²) in [5.74, 6) is -2.16. The highest BCUT2D eigenvalue weighted by Crippen LogP contribution is 2.49. The first-order valence-corrected chi connectivity index (χ1v) is 10.7. The Morgan fingerprint density at radius 2 is 1.82 bits per heavy atom. The third-order valence-electron chi connectivity index (χ3n) is 6.04. The molecule has 1 aromatic carbocycles. The van der Waals surface area contributed by atoms with Gasteiger partial charge >= 0.3 is 12.2 Å². The van der Waals surface area contributed by atoms with Crippen molar-refractivity contribution in [3.8, 4) is 0 Å². The zero-order valence-corrected chi connectivity index (χ0v) is 18.2. The number of carboxylic acid groups (broad SMARTS) is 1. The van der Waals surface area contributed by atoms with E-state index in [1.165, 1.54) is 6.92 Å². The molecule has 0 bridgehead atoms. The van der Waals surface area contributed by atoms with Gasteiger partial charge < -0.3 is 20.5 Å². The van der Waals surface area contributed by atoms with E-state index in [2.05, 4.69) is 10.6 Å². The van der Waals surface area contributed by atoms with E-state index in [4.69, 9.17) is 14.7 Å². The minimum absolute atomic E-state index is 0.0158. The van der Waals surface area contributed by atoms with Gasteiger partial charge in [0.05, 0.1) is 0 Å². The van der Waals surface area contributed by atoms with Gasteiger partial charge in [0.25, 0.3) is 11.8 Å². The summed E-state index contributed by atoms with van der Waals surface area (Å²) in [6.45, 7) is 1.36. The van der Waals surface area contributed by atoms with Crippen LogP contribution >= 0.6 is 0 Å². The molecule has 0 radical (unpaired) electrons. The highest BCUT2D eigenvalue weighted by Gasteiger charge is 2.41. The second kappa shape index (κ2) is 9.38. The Bertz CT molecular complexity index is 1100. The highest BCUT2D eigenvalue weighted by atomic mass is 16.8. The third-order valence-corrected chi connectivity index (χ3v) is 6.04. The van der Waals surface area contributed by atoms with Crippen LogP contribution in [0.1, 0.15) is 42.7 Å². The minimum atomic E-state index is -1.30. The Morgan fingerprint density at radius 1 is 1.15 bits per heavy atom. The second-order valence-corrected chi connectivity index (χ2v) is 8.21. The molecule has 0 saturated carbocycles. The second-order valence-electron chi connectivity index (χ2n) is 8.21. The molecule has 3 aliphatic rings. The lowest BCUT2D eigenvalue weighted by Crippen LogP contribution is -2.44. The van der Waals surface area contributed by atoms with Crippen LogP contribution in [0.3, 0.4) is 0 Å². The van der Waals surface area contributed by atoms with Crippen molar-refractivity contribution in [2.75, 3.05) is 6.61 Å². The van der Waals surface area contributed by atoms with Crippen molar-refractivity contribution in [2.24, 2.45) is 5.92 Å². The third kappa shape index (κ3) is 4.63. The van der Waals surface area contributed by atoms with Gasteiger partial charge in [0.1, 0.15) is 12.6 Å². The van der Waals surface area contributed by atoms with Gasteiger partial charge in [-0.2, -0.15) is 0 Å². The van der Waals surface area contributed by atoms with Gasteiger partial charge in [-0.15, -0.1) is 0 Å². The molecule has 34 heavy (non-hydrogen) atoms. The van der Waals surface area contributed by atoms with Crippen molar-refractivity contribution in [1.29, 1.82) is 0 Å². The predicted molar refractivity (Wildman–Crippen MR) is 115 cm³/mol. The lowest BCUT2D eigenvalue weighted by atomic mass is 9.83. The van der Waals surface area contributed by atoms with Crippen LogP contribution < -0.4 is 10.6 Å². The molecule has 3 N–H and O–H groups in total. The summed E-state index contributed by atoms with van der Waals surface area (Å²) in [5, 5.41) is 14.0. The standard InChI is InChI=1S/C23H23N3O8/c1-12(24-22(30)31)21(29)25-13-6-7-16-14-4-2-3-5-15(14)18(17(16)10-13)11-33-23(32)34-26-19(27)8-9-20(26)28/h2-7,10,12,16-18,24H,8-9,11H2,1H3,(H,25,29)(H,30,31). The fourth-order valence-electron chi connectivity index (χ4n) is 4.44. The number of hydroxylamine groups is 2. The SMILES string of the molecule is CC(NC(=O)O)C(=O)NC1=CC2C(C=C1)c1ccccc1C2COC(=O)ON1C(=O)CCC1=O. The van der Waals surface area contributed by atoms with Crippen LogP contribution in [0.15, 0.2) is 48.2 Å². The first-order chi connectivity index (χ1) is 16.2. The number of carbonyl (C=O) groups is 5. The quantitative estimate of drug-likeness (QED) is 0.422. The first-order valence-electron chi connectivity index (χ1n) is 10.7. The molecule has 4 rings (SSSR count). The number of nitrogens with zero attached hydrogens (tertiary/aromatic N) is 1. The summed E-state index contributed by atoms with van der Waals surface area (Å²) in [7, 11) is 0. The molecule has 11 heteroatoms. The lowest BCUT2D eigenvalue weighted by Gasteiger charge is -2.25. The van der Waals surface area contributed by atoms with Gasteiger partial charge in [-0.1, -0.05) is 41.5 Å². The fraction of sp³-hybridized carbons (Fsp3) is 0.348. The molecule has 4 atom stereocenters. The Labute approximate surface area is 194 Å². The predicted octanol–water partition coefficient (Wildman–Crippen LogP) is 1.93. The van der Waals surface area contributed by atoms with E-state index in [0.717, 1.165) is 11.1 Å². The van der Waals surface area contributed by atoms with Crippen molar-refractivity contribution in [2.45, 2.75) is 37.6 Å². The molecule has 2 aliphatic carbocycles. The van der Waals surface area contributed by atoms with E-state index in [1.54, 1.807) is 6.08 Å². The largest absolute Gasteiger partial charge is 0.533 e. The molecule has 1 aromatic rings. The number of nitrogens with one attached hydrogen (secondary N) is 2. The number of amides is 4. The van der Waals surface area contributed by atoms with E-state index in [-0.39, 0.29) is 37.2 Å². The fourth-order valence-corrected chi connectivity index (χ4v) is 4.44. The summed E-state index contributed by atoms with van der Waals surface area (Å²) in [6.07, 6.45) is 3.06. The van der Waals surface area contributed by atoms with Crippen LogP contribution in [0.2, 0.25) is 0 Å². The van der Waals surface area contributed by atoms with Gasteiger partial charge in [-0.3, -0.25) is 19.2 Å². The molecule has 1 aliphatic heterocycles. The van der Waals surface area contributed by atoms with Crippen molar-refractivity contribution >= 4 is 30.0 Å². The molecule has 1 saturated heterocycles. The molecule has 11 nitrogen and oxygen atoms in total. The number of benzene rings is 1. The molecule has 178 valence electrons. The van der Waals surface area contributed by atoms with Crippen LogP contribution in [0.25, 0.3) is 0 Å². The Hall–Kier alpha value is -4.15. The molecule has 0 spiro atoms. The number of hydrogen-bond acceptors (Lipinski definition) is 7. The number of fused-ring (bicyclic) bond motifs is 3. The van der Waals surface area contributed by atoms with E-state index >= 15 is 0 Å². The maximum Gasteiger partial charge on any atom is 0.533 e. The molecular weight excluding hydrogens is 446 g/mol. The van der Waals surface area contributed by atoms with E-state index in [0.29, 0.717) is 10.8 Å². The van der Waals surface area contributed by atoms with Crippen molar-refractivity contribution in [1.82, 2.24) is 15.7 Å². The van der Waals surface area contributed by atoms with Gasteiger partial charge in [0, 0.05) is 30.4 Å². The average Bonchev–Trinajstić information content (AvgIpc) is 3.28. The zero-order valence-electron chi connectivity index (χ0n) is 18.2. The summed E-state index contributed by atoms with van der Waals surface area (Å²) in [5.41, 5.74) is 2.52. The van der Waals surface area contributed by atoms with Crippen LogP contribution in [-0.4, -0.2) is 52.8 Å².